The minimum atomic E-state index is -0.235. The number of benzene rings is 1. The minimum Gasteiger partial charge on any atom is -0.381 e. The molecule has 0 spiro atoms. The van der Waals surface area contributed by atoms with Crippen molar-refractivity contribution in [3.63, 3.8) is 0 Å². The number of aryl methyl sites for hydroxylation is 1. The summed E-state index contributed by atoms with van der Waals surface area (Å²) in [5.74, 6) is -0.524. The zero-order valence-corrected chi connectivity index (χ0v) is 18.7. The van der Waals surface area contributed by atoms with Crippen LogP contribution < -0.4 is 16.4 Å². The van der Waals surface area contributed by atoms with Crippen molar-refractivity contribution in [3.8, 4) is 0 Å². The van der Waals surface area contributed by atoms with Gasteiger partial charge in [0.25, 0.3) is 5.91 Å². The van der Waals surface area contributed by atoms with Gasteiger partial charge < -0.3 is 16.4 Å². The van der Waals surface area contributed by atoms with E-state index in [2.05, 4.69) is 20.7 Å². The number of aromatic nitrogens is 3. The number of rotatable bonds is 7. The van der Waals surface area contributed by atoms with Crippen molar-refractivity contribution in [2.45, 2.75) is 51.7 Å². The molecule has 1 saturated carbocycles. The highest BCUT2D eigenvalue weighted by atomic mass is 35.5. The van der Waals surface area contributed by atoms with Crippen molar-refractivity contribution >= 4 is 40.1 Å². The Hall–Kier alpha value is -3.13. The van der Waals surface area contributed by atoms with E-state index in [0.29, 0.717) is 23.7 Å². The first-order valence-electron chi connectivity index (χ1n) is 10.9. The molecule has 9 heteroatoms. The molecule has 0 radical (unpaired) electrons. The van der Waals surface area contributed by atoms with Crippen LogP contribution in [0.15, 0.2) is 36.7 Å². The molecule has 1 aliphatic carbocycles. The third-order valence-electron chi connectivity index (χ3n) is 6.05. The smallest absolute Gasteiger partial charge is 0.255 e. The normalized spacial score (nSPS) is 18.4. The van der Waals surface area contributed by atoms with Crippen LogP contribution in [-0.4, -0.2) is 32.6 Å². The molecule has 0 bridgehead atoms. The lowest BCUT2D eigenvalue weighted by atomic mass is 9.85. The van der Waals surface area contributed by atoms with Crippen LogP contribution in [0.3, 0.4) is 0 Å². The first-order valence-corrected chi connectivity index (χ1v) is 11.3. The fourth-order valence-corrected chi connectivity index (χ4v) is 4.32. The molecule has 4 rings (SSSR count). The topological polar surface area (TPSA) is 115 Å². The second-order valence-electron chi connectivity index (χ2n) is 8.15. The summed E-state index contributed by atoms with van der Waals surface area (Å²) in [6.07, 6.45) is 6.46. The summed E-state index contributed by atoms with van der Waals surface area (Å²) in [5.41, 5.74) is 8.36. The number of anilines is 1. The summed E-state index contributed by atoms with van der Waals surface area (Å²) in [6, 6.07) is 7.50. The monoisotopic (exact) mass is 454 g/mol. The molecule has 0 atom stereocenters. The van der Waals surface area contributed by atoms with Gasteiger partial charge in [0.05, 0.1) is 22.8 Å². The van der Waals surface area contributed by atoms with E-state index in [1.807, 2.05) is 19.1 Å². The van der Waals surface area contributed by atoms with Crippen LogP contribution in [0.5, 0.6) is 0 Å². The summed E-state index contributed by atoms with van der Waals surface area (Å²) >= 11 is 5.94. The third kappa shape index (κ3) is 4.70. The van der Waals surface area contributed by atoms with E-state index >= 15 is 0 Å². The summed E-state index contributed by atoms with van der Waals surface area (Å²) < 4.78 is 1.81. The molecule has 0 unspecified atom stereocenters. The van der Waals surface area contributed by atoms with Crippen LogP contribution in [0.4, 0.5) is 5.69 Å². The molecule has 2 amide bonds. The zero-order chi connectivity index (χ0) is 22.7. The van der Waals surface area contributed by atoms with E-state index in [9.17, 15) is 9.59 Å². The third-order valence-corrected chi connectivity index (χ3v) is 6.31. The Bertz CT molecular complexity index is 1120. The Kier molecular flexibility index (Phi) is 6.60. The fourth-order valence-electron chi connectivity index (χ4n) is 4.19. The van der Waals surface area contributed by atoms with E-state index in [0.717, 1.165) is 48.0 Å². The predicted octanol–water partition coefficient (Wildman–Crippen LogP) is 3.49. The van der Waals surface area contributed by atoms with Crippen molar-refractivity contribution in [2.24, 2.45) is 11.7 Å². The number of carbonyl (C=O) groups is 2. The first kappa shape index (κ1) is 22.1. The van der Waals surface area contributed by atoms with Crippen molar-refractivity contribution in [2.75, 3.05) is 5.32 Å². The van der Waals surface area contributed by atoms with E-state index in [-0.39, 0.29) is 23.8 Å². The molecule has 8 nitrogen and oxygen atoms in total. The number of pyridine rings is 1. The molecule has 32 heavy (non-hydrogen) atoms. The van der Waals surface area contributed by atoms with Crippen LogP contribution in [0.1, 0.15) is 48.5 Å². The average Bonchev–Trinajstić information content (AvgIpc) is 3.23. The number of fused-ring (bicyclic) bond motifs is 1. The lowest BCUT2D eigenvalue weighted by molar-refractivity contribution is -0.122. The van der Waals surface area contributed by atoms with Crippen molar-refractivity contribution in [1.82, 2.24) is 20.1 Å². The van der Waals surface area contributed by atoms with Crippen LogP contribution >= 0.6 is 11.6 Å². The number of nitrogens with zero attached hydrogens (tertiary/aromatic N) is 3. The quantitative estimate of drug-likeness (QED) is 0.505. The molecule has 4 N–H and O–H groups in total. The van der Waals surface area contributed by atoms with E-state index < -0.39 is 0 Å². The molecule has 1 aliphatic rings. The van der Waals surface area contributed by atoms with Crippen molar-refractivity contribution < 1.29 is 9.59 Å². The number of nitrogens with one attached hydrogen (secondary N) is 2. The number of primary amides is 1. The van der Waals surface area contributed by atoms with Gasteiger partial charge in [0.2, 0.25) is 5.91 Å². The maximum absolute atomic E-state index is 13.1. The van der Waals surface area contributed by atoms with Crippen molar-refractivity contribution in [1.29, 1.82) is 0 Å². The molecular formula is C23H27ClN6O2. The molecule has 3 aromatic rings. The van der Waals surface area contributed by atoms with Gasteiger partial charge in [-0.15, -0.1) is 0 Å². The van der Waals surface area contributed by atoms with Crippen LogP contribution in [-0.2, 0) is 17.9 Å². The van der Waals surface area contributed by atoms with Gasteiger partial charge in [-0.1, -0.05) is 23.7 Å². The molecular weight excluding hydrogens is 428 g/mol. The Morgan fingerprint density at radius 3 is 2.53 bits per heavy atom. The molecule has 0 aliphatic heterocycles. The summed E-state index contributed by atoms with van der Waals surface area (Å²) in [7, 11) is 0. The Morgan fingerprint density at radius 1 is 1.16 bits per heavy atom. The number of hydrogen-bond donors (Lipinski definition) is 3. The fraction of sp³-hybridized carbons (Fsp3) is 0.391. The molecule has 2 aromatic heterocycles. The average molecular weight is 455 g/mol. The molecule has 2 heterocycles. The zero-order valence-electron chi connectivity index (χ0n) is 18.0. The van der Waals surface area contributed by atoms with Gasteiger partial charge in [0.15, 0.2) is 5.65 Å². The summed E-state index contributed by atoms with van der Waals surface area (Å²) in [4.78, 5) is 29.1. The molecule has 1 fully saturated rings. The highest BCUT2D eigenvalue weighted by Crippen LogP contribution is 2.31. The number of carbonyl (C=O) groups excluding carboxylic acids is 2. The largest absolute Gasteiger partial charge is 0.381 e. The van der Waals surface area contributed by atoms with Crippen LogP contribution in [0, 0.1) is 5.92 Å². The van der Waals surface area contributed by atoms with Gasteiger partial charge in [-0.25, -0.2) is 9.67 Å². The van der Waals surface area contributed by atoms with Crippen molar-refractivity contribution in [3.05, 3.63) is 52.8 Å². The Labute approximate surface area is 191 Å². The Balaban J connectivity index is 1.58. The van der Waals surface area contributed by atoms with E-state index in [1.54, 1.807) is 29.2 Å². The molecule has 1 aromatic carbocycles. The predicted molar refractivity (Wildman–Crippen MR) is 124 cm³/mol. The summed E-state index contributed by atoms with van der Waals surface area (Å²) in [5, 5.41) is 12.4. The highest BCUT2D eigenvalue weighted by molar-refractivity contribution is 6.30. The maximum atomic E-state index is 13.1. The maximum Gasteiger partial charge on any atom is 0.255 e. The standard InChI is InChI=1S/C23H27ClN6O2/c1-2-30-22-18(13-28-30)20(29-17-9-5-15(6-10-17)21(25)31)19(12-26-22)23(32)27-11-14-3-7-16(24)8-4-14/h3-4,7-8,12-13,15,17H,2,5-6,9-11H2,1H3,(H2,25,31)(H,26,29)(H,27,32). The van der Waals surface area contributed by atoms with Gasteiger partial charge in [0.1, 0.15) is 0 Å². The van der Waals surface area contributed by atoms with Gasteiger partial charge in [-0.2, -0.15) is 5.10 Å². The SMILES string of the molecule is CCn1ncc2c(NC3CCC(C(N)=O)CC3)c(C(=O)NCc3ccc(Cl)cc3)cnc21. The van der Waals surface area contributed by atoms with Crippen LogP contribution in [0.2, 0.25) is 5.02 Å². The first-order chi connectivity index (χ1) is 15.5. The van der Waals surface area contributed by atoms with E-state index in [1.165, 1.54) is 0 Å². The molecule has 0 saturated heterocycles. The Morgan fingerprint density at radius 2 is 1.88 bits per heavy atom. The number of hydrogen-bond acceptors (Lipinski definition) is 5. The van der Waals surface area contributed by atoms with Crippen LogP contribution in [0.25, 0.3) is 11.0 Å². The van der Waals surface area contributed by atoms with Gasteiger partial charge in [-0.05, 0) is 50.3 Å². The number of nitrogens with two attached hydrogens (primary N) is 1. The lowest BCUT2D eigenvalue weighted by Gasteiger charge is -2.29. The van der Waals surface area contributed by atoms with Gasteiger partial charge in [-0.3, -0.25) is 9.59 Å². The lowest BCUT2D eigenvalue weighted by Crippen LogP contribution is -2.33. The second-order valence-corrected chi connectivity index (χ2v) is 8.59. The second kappa shape index (κ2) is 9.56. The minimum absolute atomic E-state index is 0.0736. The number of halogens is 1. The highest BCUT2D eigenvalue weighted by Gasteiger charge is 2.27. The molecule has 168 valence electrons. The van der Waals surface area contributed by atoms with E-state index in [4.69, 9.17) is 17.3 Å². The van der Waals surface area contributed by atoms with Gasteiger partial charge >= 0.3 is 0 Å². The summed E-state index contributed by atoms with van der Waals surface area (Å²) in [6.45, 7) is 3.06. The number of amides is 2. The van der Waals surface area contributed by atoms with Gasteiger partial charge in [0, 0.05) is 36.3 Å².